The molecule has 10 heteroatoms. The van der Waals surface area contributed by atoms with Gasteiger partial charge in [0.25, 0.3) is 0 Å². The summed E-state index contributed by atoms with van der Waals surface area (Å²) in [6.07, 6.45) is 4.75. The molecule has 0 aliphatic heterocycles. The zero-order chi connectivity index (χ0) is 20.5. The van der Waals surface area contributed by atoms with Gasteiger partial charge in [0.05, 0.1) is 32.9 Å². The van der Waals surface area contributed by atoms with Gasteiger partial charge in [-0.3, -0.25) is 4.57 Å². The van der Waals surface area contributed by atoms with Crippen LogP contribution in [0.3, 0.4) is 0 Å². The summed E-state index contributed by atoms with van der Waals surface area (Å²) in [5, 5.41) is 13.0. The van der Waals surface area contributed by atoms with E-state index in [4.69, 9.17) is 28.5 Å². The molecule has 4 aromatic rings. The Morgan fingerprint density at radius 3 is 2.52 bits per heavy atom. The van der Waals surface area contributed by atoms with E-state index in [1.54, 1.807) is 29.2 Å². The Hall–Kier alpha value is -3.41. The largest absolute Gasteiger partial charge is 0.363 e. The average molecular weight is 425 g/mol. The summed E-state index contributed by atoms with van der Waals surface area (Å²) in [5.41, 5.74) is 2.30. The Kier molecular flexibility index (Phi) is 4.92. The van der Waals surface area contributed by atoms with E-state index in [1.165, 1.54) is 6.33 Å². The van der Waals surface area contributed by atoms with E-state index in [0.29, 0.717) is 38.4 Å². The molecule has 0 saturated heterocycles. The lowest BCUT2D eigenvalue weighted by atomic mass is 10.2. The number of benzene rings is 1. The van der Waals surface area contributed by atoms with Gasteiger partial charge in [0.2, 0.25) is 0 Å². The number of fused-ring (bicyclic) bond motifs is 1. The van der Waals surface area contributed by atoms with Crippen LogP contribution < -0.4 is 10.2 Å². The summed E-state index contributed by atoms with van der Waals surface area (Å²) >= 11 is 12.8. The summed E-state index contributed by atoms with van der Waals surface area (Å²) in [6, 6.07) is 8.79. The number of nitrogens with zero attached hydrogens (tertiary/aromatic N) is 7. The van der Waals surface area contributed by atoms with Gasteiger partial charge >= 0.3 is 0 Å². The number of aromatic nitrogens is 5. The lowest BCUT2D eigenvalue weighted by molar-refractivity contribution is 1.04. The van der Waals surface area contributed by atoms with Crippen molar-refractivity contribution in [1.82, 2.24) is 24.5 Å². The van der Waals surface area contributed by atoms with Crippen LogP contribution in [0.1, 0.15) is 5.56 Å². The van der Waals surface area contributed by atoms with Gasteiger partial charge in [-0.05, 0) is 18.2 Å². The van der Waals surface area contributed by atoms with E-state index in [2.05, 4.69) is 25.3 Å². The molecule has 0 radical (unpaired) electrons. The molecule has 0 unspecified atom stereocenters. The van der Waals surface area contributed by atoms with Crippen LogP contribution >= 0.6 is 23.2 Å². The monoisotopic (exact) mass is 424 g/mol. The molecule has 0 fully saturated rings. The maximum Gasteiger partial charge on any atom is 0.159 e. The van der Waals surface area contributed by atoms with Crippen molar-refractivity contribution in [3.63, 3.8) is 0 Å². The average Bonchev–Trinajstić information content (AvgIpc) is 3.12. The molecule has 0 spiro atoms. The molecule has 8 nitrogen and oxygen atoms in total. The molecule has 1 aromatic carbocycles. The van der Waals surface area contributed by atoms with Crippen molar-refractivity contribution in [2.75, 3.05) is 24.3 Å². The number of hydrogen-bond acceptors (Lipinski definition) is 7. The summed E-state index contributed by atoms with van der Waals surface area (Å²) in [5.74, 6) is 1.88. The molecule has 0 bridgehead atoms. The standard InChI is InChI=1S/C19H14Cl2N8/c1-28(2)16-7-15(24-9-25-16)27-19-17-14(3-4-23-19)29(10-26-17)18-12(20)5-11(8-22)6-13(18)21/h3-7,9-10H,1-2H3,(H,23,24,25,27). The first-order chi connectivity index (χ1) is 14.0. The second-order valence-corrected chi connectivity index (χ2v) is 7.14. The topological polar surface area (TPSA) is 95.5 Å². The Labute approximate surface area is 176 Å². The molecular formula is C19H14Cl2N8. The maximum absolute atomic E-state index is 9.09. The number of halogens is 2. The smallest absolute Gasteiger partial charge is 0.159 e. The van der Waals surface area contributed by atoms with E-state index in [0.717, 1.165) is 11.3 Å². The van der Waals surface area contributed by atoms with Gasteiger partial charge in [0, 0.05) is 26.4 Å². The van der Waals surface area contributed by atoms with Gasteiger partial charge in [0.15, 0.2) is 5.82 Å². The van der Waals surface area contributed by atoms with Gasteiger partial charge in [-0.1, -0.05) is 23.2 Å². The lowest BCUT2D eigenvalue weighted by Crippen LogP contribution is -2.11. The van der Waals surface area contributed by atoms with E-state index in [-0.39, 0.29) is 0 Å². The molecule has 1 N–H and O–H groups in total. The fourth-order valence-corrected chi connectivity index (χ4v) is 3.52. The summed E-state index contributed by atoms with van der Waals surface area (Å²) in [7, 11) is 3.80. The maximum atomic E-state index is 9.09. The number of pyridine rings is 1. The van der Waals surface area contributed by atoms with Crippen molar-refractivity contribution in [3.05, 3.63) is 58.7 Å². The minimum Gasteiger partial charge on any atom is -0.363 e. The van der Waals surface area contributed by atoms with Crippen LogP contribution in [0.25, 0.3) is 16.7 Å². The molecular weight excluding hydrogens is 411 g/mol. The van der Waals surface area contributed by atoms with Crippen molar-refractivity contribution < 1.29 is 0 Å². The van der Waals surface area contributed by atoms with Crippen LogP contribution in [0.4, 0.5) is 17.5 Å². The quantitative estimate of drug-likeness (QED) is 0.524. The van der Waals surface area contributed by atoms with E-state index >= 15 is 0 Å². The second-order valence-electron chi connectivity index (χ2n) is 6.32. The van der Waals surface area contributed by atoms with Gasteiger partial charge in [-0.15, -0.1) is 0 Å². The molecule has 0 aliphatic rings. The fourth-order valence-electron chi connectivity index (χ4n) is 2.85. The van der Waals surface area contributed by atoms with Crippen LogP contribution in [-0.2, 0) is 0 Å². The molecule has 0 amide bonds. The predicted octanol–water partition coefficient (Wildman–Crippen LogP) is 4.20. The van der Waals surface area contributed by atoms with Crippen LogP contribution in [-0.4, -0.2) is 38.6 Å². The number of anilines is 3. The van der Waals surface area contributed by atoms with Crippen LogP contribution in [0.15, 0.2) is 43.1 Å². The summed E-state index contributed by atoms with van der Waals surface area (Å²) in [6.45, 7) is 0. The molecule has 3 heterocycles. The summed E-state index contributed by atoms with van der Waals surface area (Å²) in [4.78, 5) is 19.2. The number of hydrogen-bond donors (Lipinski definition) is 1. The van der Waals surface area contributed by atoms with E-state index in [9.17, 15) is 0 Å². The number of nitrogens with one attached hydrogen (secondary N) is 1. The summed E-state index contributed by atoms with van der Waals surface area (Å²) < 4.78 is 1.76. The van der Waals surface area contributed by atoms with E-state index in [1.807, 2.05) is 37.2 Å². The zero-order valence-corrected chi connectivity index (χ0v) is 16.9. The van der Waals surface area contributed by atoms with Crippen LogP contribution in [0.2, 0.25) is 10.0 Å². The van der Waals surface area contributed by atoms with Gasteiger partial charge < -0.3 is 10.2 Å². The highest BCUT2D eigenvalue weighted by molar-refractivity contribution is 6.38. The van der Waals surface area contributed by atoms with Gasteiger partial charge in [0.1, 0.15) is 29.8 Å². The highest BCUT2D eigenvalue weighted by Crippen LogP contribution is 2.33. The Morgan fingerprint density at radius 2 is 1.83 bits per heavy atom. The lowest BCUT2D eigenvalue weighted by Gasteiger charge is -2.12. The second kappa shape index (κ2) is 7.54. The Bertz CT molecular complexity index is 1240. The fraction of sp³-hybridized carbons (Fsp3) is 0.105. The van der Waals surface area contributed by atoms with Crippen molar-refractivity contribution >= 4 is 51.7 Å². The third-order valence-electron chi connectivity index (χ3n) is 4.21. The van der Waals surface area contributed by atoms with Crippen LogP contribution in [0, 0.1) is 11.3 Å². The molecule has 0 saturated carbocycles. The third-order valence-corrected chi connectivity index (χ3v) is 4.79. The van der Waals surface area contributed by atoms with Gasteiger partial charge in [-0.2, -0.15) is 5.26 Å². The predicted molar refractivity (Wildman–Crippen MR) is 113 cm³/mol. The highest BCUT2D eigenvalue weighted by atomic mass is 35.5. The van der Waals surface area contributed by atoms with Crippen molar-refractivity contribution in [2.45, 2.75) is 0 Å². The Balaban J connectivity index is 1.79. The zero-order valence-electron chi connectivity index (χ0n) is 15.4. The van der Waals surface area contributed by atoms with Crippen molar-refractivity contribution in [1.29, 1.82) is 5.26 Å². The molecule has 4 rings (SSSR count). The first-order valence-corrected chi connectivity index (χ1v) is 9.21. The minimum atomic E-state index is 0.353. The van der Waals surface area contributed by atoms with E-state index < -0.39 is 0 Å². The van der Waals surface area contributed by atoms with Gasteiger partial charge in [-0.25, -0.2) is 19.9 Å². The number of nitriles is 1. The number of rotatable bonds is 4. The highest BCUT2D eigenvalue weighted by Gasteiger charge is 2.16. The number of imidazole rings is 1. The SMILES string of the molecule is CN(C)c1cc(Nc2nccc3c2ncn3-c2c(Cl)cc(C#N)cc2Cl)ncn1. The van der Waals surface area contributed by atoms with Crippen LogP contribution in [0.5, 0.6) is 0 Å². The molecule has 0 aliphatic carbocycles. The first kappa shape index (κ1) is 18.9. The normalized spacial score (nSPS) is 10.7. The van der Waals surface area contributed by atoms with Crippen molar-refractivity contribution in [3.8, 4) is 11.8 Å². The van der Waals surface area contributed by atoms with Crippen molar-refractivity contribution in [2.24, 2.45) is 0 Å². The molecule has 144 valence electrons. The first-order valence-electron chi connectivity index (χ1n) is 8.46. The third kappa shape index (κ3) is 3.53. The molecule has 3 aromatic heterocycles. The molecule has 0 atom stereocenters. The molecule has 29 heavy (non-hydrogen) atoms. The minimum absolute atomic E-state index is 0.353. The Morgan fingerprint density at radius 1 is 1.07 bits per heavy atom.